The summed E-state index contributed by atoms with van der Waals surface area (Å²) >= 11 is 0. The number of hydrogen-bond donors (Lipinski definition) is 2. The van der Waals surface area contributed by atoms with Crippen LogP contribution in [0.4, 0.5) is 10.5 Å². The smallest absolute Gasteiger partial charge is 0.326 e. The van der Waals surface area contributed by atoms with Crippen molar-refractivity contribution in [2.45, 2.75) is 32.2 Å². The van der Waals surface area contributed by atoms with Gasteiger partial charge < -0.3 is 20.3 Å². The molecule has 10 nitrogen and oxygen atoms in total. The van der Waals surface area contributed by atoms with Gasteiger partial charge in [0.25, 0.3) is 17.7 Å². The lowest BCUT2D eigenvalue weighted by molar-refractivity contribution is -0.150. The van der Waals surface area contributed by atoms with Gasteiger partial charge in [-0.15, -0.1) is 0 Å². The fraction of sp³-hybridized carbons (Fsp3) is 0.450. The molecule has 0 unspecified atom stereocenters. The van der Waals surface area contributed by atoms with Crippen molar-refractivity contribution < 1.29 is 28.7 Å². The van der Waals surface area contributed by atoms with Crippen LogP contribution in [0.25, 0.3) is 0 Å². The van der Waals surface area contributed by atoms with Gasteiger partial charge in [0.1, 0.15) is 12.1 Å². The van der Waals surface area contributed by atoms with E-state index in [2.05, 4.69) is 10.6 Å². The molecule has 162 valence electrons. The van der Waals surface area contributed by atoms with E-state index in [1.807, 2.05) is 0 Å². The minimum Gasteiger partial charge on any atom is -0.454 e. The highest BCUT2D eigenvalue weighted by Gasteiger charge is 2.49. The van der Waals surface area contributed by atoms with Crippen molar-refractivity contribution in [3.63, 3.8) is 0 Å². The molecule has 0 saturated carbocycles. The second-order valence-electron chi connectivity index (χ2n) is 7.10. The van der Waals surface area contributed by atoms with Gasteiger partial charge >= 0.3 is 12.0 Å². The average Bonchev–Trinajstić information content (AvgIpc) is 2.96. The maximum Gasteiger partial charge on any atom is 0.326 e. The van der Waals surface area contributed by atoms with Gasteiger partial charge in [-0.3, -0.25) is 24.1 Å². The van der Waals surface area contributed by atoms with E-state index in [9.17, 15) is 24.0 Å². The summed E-state index contributed by atoms with van der Waals surface area (Å²) in [5.41, 5.74) is -0.112. The molecule has 1 saturated heterocycles. The first-order valence-electron chi connectivity index (χ1n) is 9.54. The summed E-state index contributed by atoms with van der Waals surface area (Å²) in [6.45, 7) is 2.40. The molecule has 10 heteroatoms. The third kappa shape index (κ3) is 4.94. The molecule has 0 radical (unpaired) electrons. The first-order chi connectivity index (χ1) is 14.1. The number of rotatable bonds is 8. The van der Waals surface area contributed by atoms with Gasteiger partial charge in [0.2, 0.25) is 0 Å². The normalized spacial score (nSPS) is 14.9. The molecular formula is C20H26N4O6. The molecule has 0 spiro atoms. The van der Waals surface area contributed by atoms with Gasteiger partial charge in [-0.25, -0.2) is 4.79 Å². The predicted molar refractivity (Wildman–Crippen MR) is 108 cm³/mol. The van der Waals surface area contributed by atoms with Crippen LogP contribution >= 0.6 is 0 Å². The van der Waals surface area contributed by atoms with Crippen molar-refractivity contribution in [1.29, 1.82) is 0 Å². The van der Waals surface area contributed by atoms with Gasteiger partial charge in [-0.1, -0.05) is 13.8 Å². The van der Waals surface area contributed by atoms with Crippen molar-refractivity contribution in [3.8, 4) is 0 Å². The predicted octanol–water partition coefficient (Wildman–Crippen LogP) is 0.981. The van der Waals surface area contributed by atoms with E-state index in [0.717, 1.165) is 4.90 Å². The Hall–Kier alpha value is -3.43. The maximum atomic E-state index is 12.5. The van der Waals surface area contributed by atoms with Crippen LogP contribution in [-0.2, 0) is 19.1 Å². The zero-order valence-electron chi connectivity index (χ0n) is 17.5. The highest BCUT2D eigenvalue weighted by molar-refractivity contribution is 6.08. The van der Waals surface area contributed by atoms with E-state index in [1.54, 1.807) is 52.2 Å². The molecule has 1 heterocycles. The third-order valence-corrected chi connectivity index (χ3v) is 4.93. The van der Waals surface area contributed by atoms with E-state index >= 15 is 0 Å². The first kappa shape index (κ1) is 22.9. The van der Waals surface area contributed by atoms with Crippen molar-refractivity contribution in [2.75, 3.05) is 32.6 Å². The Balaban J connectivity index is 1.85. The molecule has 30 heavy (non-hydrogen) atoms. The van der Waals surface area contributed by atoms with E-state index in [4.69, 9.17) is 4.74 Å². The summed E-state index contributed by atoms with van der Waals surface area (Å²) in [4.78, 5) is 62.6. The molecule has 5 amide bonds. The zero-order chi connectivity index (χ0) is 22.5. The molecule has 2 N–H and O–H groups in total. The summed E-state index contributed by atoms with van der Waals surface area (Å²) in [7, 11) is 3.27. The number of imide groups is 1. The van der Waals surface area contributed by atoms with E-state index in [1.165, 1.54) is 4.90 Å². The quantitative estimate of drug-likeness (QED) is 0.479. The molecule has 0 aromatic heterocycles. The number of anilines is 1. The Bertz CT molecular complexity index is 845. The van der Waals surface area contributed by atoms with Gasteiger partial charge in [-0.2, -0.15) is 0 Å². The topological polar surface area (TPSA) is 125 Å². The maximum absolute atomic E-state index is 12.5. The monoisotopic (exact) mass is 418 g/mol. The molecule has 0 aliphatic carbocycles. The molecule has 1 aromatic carbocycles. The second-order valence-corrected chi connectivity index (χ2v) is 7.10. The summed E-state index contributed by atoms with van der Waals surface area (Å²) in [6, 6.07) is 5.58. The highest BCUT2D eigenvalue weighted by Crippen LogP contribution is 2.24. The third-order valence-electron chi connectivity index (χ3n) is 4.93. The number of nitrogens with zero attached hydrogens (tertiary/aromatic N) is 2. The van der Waals surface area contributed by atoms with Crippen LogP contribution < -0.4 is 10.6 Å². The number of amides is 5. The Morgan fingerprint density at radius 3 is 2.20 bits per heavy atom. The van der Waals surface area contributed by atoms with Crippen LogP contribution in [0.3, 0.4) is 0 Å². The highest BCUT2D eigenvalue weighted by atomic mass is 16.5. The number of esters is 1. The number of ether oxygens (including phenoxy) is 1. The van der Waals surface area contributed by atoms with Gasteiger partial charge in [0.05, 0.1) is 0 Å². The number of carbonyl (C=O) groups excluding carboxylic acids is 5. The van der Waals surface area contributed by atoms with Crippen molar-refractivity contribution >= 4 is 35.4 Å². The van der Waals surface area contributed by atoms with E-state index in [0.29, 0.717) is 24.1 Å². The van der Waals surface area contributed by atoms with Gasteiger partial charge in [0, 0.05) is 25.3 Å². The fourth-order valence-electron chi connectivity index (χ4n) is 3.02. The fourth-order valence-corrected chi connectivity index (χ4v) is 3.02. The summed E-state index contributed by atoms with van der Waals surface area (Å²) in [5.74, 6) is -2.11. The number of carbonyl (C=O) groups is 5. The largest absolute Gasteiger partial charge is 0.454 e. The average molecular weight is 418 g/mol. The molecule has 1 fully saturated rings. The van der Waals surface area contributed by atoms with Crippen LogP contribution in [0.1, 0.15) is 37.0 Å². The number of benzene rings is 1. The van der Waals surface area contributed by atoms with Crippen LogP contribution in [-0.4, -0.2) is 72.3 Å². The zero-order valence-corrected chi connectivity index (χ0v) is 17.5. The van der Waals surface area contributed by atoms with Crippen molar-refractivity contribution in [3.05, 3.63) is 29.8 Å². The van der Waals surface area contributed by atoms with Crippen LogP contribution in [0.5, 0.6) is 0 Å². The molecule has 1 aliphatic rings. The summed E-state index contributed by atoms with van der Waals surface area (Å²) in [5, 5.41) is 5.15. The van der Waals surface area contributed by atoms with E-state index in [-0.39, 0.29) is 5.91 Å². The van der Waals surface area contributed by atoms with Crippen LogP contribution in [0, 0.1) is 0 Å². The lowest BCUT2D eigenvalue weighted by atomic mass is 9.93. The molecule has 1 aromatic rings. The number of nitrogens with one attached hydrogen (secondary N) is 2. The SMILES string of the molecule is CCC1(CC)NC(=O)N(CC(=O)OCC(=O)Nc2ccc(C(=O)N(C)C)cc2)C1=O. The van der Waals surface area contributed by atoms with Gasteiger partial charge in [-0.05, 0) is 37.1 Å². The first-order valence-corrected chi connectivity index (χ1v) is 9.54. The Labute approximate surface area is 174 Å². The lowest BCUT2D eigenvalue weighted by Gasteiger charge is -2.22. The number of urea groups is 1. The summed E-state index contributed by atoms with van der Waals surface area (Å²) in [6.07, 6.45) is 0.807. The molecule has 2 rings (SSSR count). The Morgan fingerprint density at radius 2 is 1.70 bits per heavy atom. The minimum absolute atomic E-state index is 0.169. The van der Waals surface area contributed by atoms with Crippen LogP contribution in [0.2, 0.25) is 0 Å². The minimum atomic E-state index is -1.01. The summed E-state index contributed by atoms with van der Waals surface area (Å²) < 4.78 is 4.88. The van der Waals surface area contributed by atoms with Crippen molar-refractivity contribution in [2.24, 2.45) is 0 Å². The molecule has 0 atom stereocenters. The van der Waals surface area contributed by atoms with Crippen LogP contribution in [0.15, 0.2) is 24.3 Å². The molecule has 0 bridgehead atoms. The second kappa shape index (κ2) is 9.38. The van der Waals surface area contributed by atoms with Gasteiger partial charge in [0.15, 0.2) is 6.61 Å². The Kier molecular flexibility index (Phi) is 7.14. The number of hydrogen-bond acceptors (Lipinski definition) is 6. The van der Waals surface area contributed by atoms with Crippen molar-refractivity contribution in [1.82, 2.24) is 15.1 Å². The molecule has 1 aliphatic heterocycles. The Morgan fingerprint density at radius 1 is 1.10 bits per heavy atom. The standard InChI is InChI=1S/C20H26N4O6/c1-5-20(6-2)18(28)24(19(29)22-20)11-16(26)30-12-15(25)21-14-9-7-13(8-10-14)17(27)23(3)4/h7-10H,5-6,11-12H2,1-4H3,(H,21,25)(H,22,29). The molecular weight excluding hydrogens is 392 g/mol. The lowest BCUT2D eigenvalue weighted by Crippen LogP contribution is -2.46. The van der Waals surface area contributed by atoms with E-state index < -0.39 is 42.5 Å².